The van der Waals surface area contributed by atoms with Gasteiger partial charge in [-0.3, -0.25) is 0 Å². The van der Waals surface area contributed by atoms with Crippen LogP contribution in [0.4, 0.5) is 4.79 Å². The number of rotatable bonds is 5. The van der Waals surface area contributed by atoms with Gasteiger partial charge in [0, 0.05) is 17.4 Å². The van der Waals surface area contributed by atoms with Gasteiger partial charge >= 0.3 is 12.1 Å². The number of nitrogens with one attached hydrogen (secondary N) is 2. The Hall–Kier alpha value is -2.70. The lowest BCUT2D eigenvalue weighted by atomic mass is 10.1. The number of carboxylic acid groups (broad SMARTS) is 1. The van der Waals surface area contributed by atoms with Crippen molar-refractivity contribution in [2.24, 2.45) is 0 Å². The van der Waals surface area contributed by atoms with E-state index in [9.17, 15) is 14.7 Å². The van der Waals surface area contributed by atoms with Gasteiger partial charge in [0.25, 0.3) is 0 Å². The number of carboxylic acids is 1. The molecular formula is C17H22N2O5. The fourth-order valence-electron chi connectivity index (χ4n) is 2.40. The highest BCUT2D eigenvalue weighted by molar-refractivity contribution is 5.97. The highest BCUT2D eigenvalue weighted by atomic mass is 16.6. The molecule has 0 bridgehead atoms. The van der Waals surface area contributed by atoms with Gasteiger partial charge < -0.3 is 24.9 Å². The van der Waals surface area contributed by atoms with Gasteiger partial charge in [0.2, 0.25) is 0 Å². The molecule has 0 spiro atoms. The van der Waals surface area contributed by atoms with Gasteiger partial charge in [-0.1, -0.05) is 0 Å². The van der Waals surface area contributed by atoms with Gasteiger partial charge in [-0.2, -0.15) is 0 Å². The third kappa shape index (κ3) is 4.18. The number of ether oxygens (including phenoxy) is 2. The van der Waals surface area contributed by atoms with E-state index in [1.165, 1.54) is 0 Å². The molecule has 130 valence electrons. The van der Waals surface area contributed by atoms with Crippen molar-refractivity contribution in [2.75, 3.05) is 13.7 Å². The molecule has 0 aliphatic carbocycles. The number of amides is 1. The zero-order chi connectivity index (χ0) is 17.9. The average molecular weight is 334 g/mol. The maximum absolute atomic E-state index is 11.7. The fourth-order valence-corrected chi connectivity index (χ4v) is 2.40. The molecule has 24 heavy (non-hydrogen) atoms. The first-order valence-electron chi connectivity index (χ1n) is 7.60. The summed E-state index contributed by atoms with van der Waals surface area (Å²) in [5, 5.41) is 12.8. The summed E-state index contributed by atoms with van der Waals surface area (Å²) < 4.78 is 10.4. The van der Waals surface area contributed by atoms with Crippen molar-refractivity contribution in [3.8, 4) is 5.75 Å². The number of carbonyl (C=O) groups is 2. The Balaban J connectivity index is 2.19. The Morgan fingerprint density at radius 2 is 2.00 bits per heavy atom. The normalized spacial score (nSPS) is 11.3. The molecule has 0 atom stereocenters. The van der Waals surface area contributed by atoms with E-state index in [1.54, 1.807) is 46.1 Å². The van der Waals surface area contributed by atoms with Crippen molar-refractivity contribution in [2.45, 2.75) is 32.8 Å². The van der Waals surface area contributed by atoms with Crippen molar-refractivity contribution in [1.29, 1.82) is 0 Å². The largest absolute Gasteiger partial charge is 0.497 e. The molecule has 1 aromatic carbocycles. The quantitative estimate of drug-likeness (QED) is 0.780. The van der Waals surface area contributed by atoms with Gasteiger partial charge in [-0.25, -0.2) is 9.59 Å². The molecule has 0 radical (unpaired) electrons. The second kappa shape index (κ2) is 6.82. The van der Waals surface area contributed by atoms with E-state index in [2.05, 4.69) is 10.3 Å². The molecular weight excluding hydrogens is 312 g/mol. The molecule has 0 aliphatic heterocycles. The Labute approximate surface area is 140 Å². The highest BCUT2D eigenvalue weighted by Gasteiger charge is 2.19. The SMILES string of the molecule is COc1ccc2[nH]c(C(=O)O)c(CCNC(=O)OC(C)(C)C)c2c1. The monoisotopic (exact) mass is 334 g/mol. The van der Waals surface area contributed by atoms with E-state index >= 15 is 0 Å². The summed E-state index contributed by atoms with van der Waals surface area (Å²) in [5.74, 6) is -0.405. The topological polar surface area (TPSA) is 101 Å². The van der Waals surface area contributed by atoms with E-state index in [-0.39, 0.29) is 12.2 Å². The minimum absolute atomic E-state index is 0.115. The number of hydrogen-bond acceptors (Lipinski definition) is 4. The van der Waals surface area contributed by atoms with Crippen LogP contribution in [0.3, 0.4) is 0 Å². The summed E-state index contributed by atoms with van der Waals surface area (Å²) in [6, 6.07) is 5.31. The minimum atomic E-state index is -1.04. The summed E-state index contributed by atoms with van der Waals surface area (Å²) >= 11 is 0. The Kier molecular flexibility index (Phi) is 5.02. The highest BCUT2D eigenvalue weighted by Crippen LogP contribution is 2.27. The number of fused-ring (bicyclic) bond motifs is 1. The number of alkyl carbamates (subject to hydrolysis) is 1. The zero-order valence-corrected chi connectivity index (χ0v) is 14.2. The van der Waals surface area contributed by atoms with Crippen LogP contribution < -0.4 is 10.1 Å². The van der Waals surface area contributed by atoms with E-state index in [0.717, 1.165) is 5.39 Å². The van der Waals surface area contributed by atoms with Crippen LogP contribution in [0.25, 0.3) is 10.9 Å². The molecule has 7 nitrogen and oxygen atoms in total. The second-order valence-electron chi connectivity index (χ2n) is 6.37. The lowest BCUT2D eigenvalue weighted by Crippen LogP contribution is -2.33. The van der Waals surface area contributed by atoms with Gasteiger partial charge in [-0.05, 0) is 51.0 Å². The summed E-state index contributed by atoms with van der Waals surface area (Å²) in [5.41, 5.74) is 0.863. The number of benzene rings is 1. The summed E-state index contributed by atoms with van der Waals surface area (Å²) in [6.07, 6.45) is -0.176. The Morgan fingerprint density at radius 1 is 1.29 bits per heavy atom. The Bertz CT molecular complexity index is 758. The Morgan fingerprint density at radius 3 is 2.58 bits per heavy atom. The van der Waals surface area contributed by atoms with Crippen LogP contribution >= 0.6 is 0 Å². The van der Waals surface area contributed by atoms with Crippen molar-refractivity contribution >= 4 is 23.0 Å². The van der Waals surface area contributed by atoms with Crippen molar-refractivity contribution in [3.63, 3.8) is 0 Å². The van der Waals surface area contributed by atoms with Crippen LogP contribution in [0, 0.1) is 0 Å². The van der Waals surface area contributed by atoms with Gasteiger partial charge in [0.1, 0.15) is 17.0 Å². The maximum Gasteiger partial charge on any atom is 0.407 e. The number of methoxy groups -OCH3 is 1. The van der Waals surface area contributed by atoms with Crippen LogP contribution in [0.1, 0.15) is 36.8 Å². The predicted molar refractivity (Wildman–Crippen MR) is 89.8 cm³/mol. The summed E-state index contributed by atoms with van der Waals surface area (Å²) in [7, 11) is 1.55. The summed E-state index contributed by atoms with van der Waals surface area (Å²) in [6.45, 7) is 5.60. The van der Waals surface area contributed by atoms with E-state index in [0.29, 0.717) is 23.3 Å². The second-order valence-corrected chi connectivity index (χ2v) is 6.37. The molecule has 1 heterocycles. The first kappa shape index (κ1) is 17.7. The smallest absolute Gasteiger partial charge is 0.407 e. The van der Waals surface area contributed by atoms with Crippen LogP contribution in [0.5, 0.6) is 5.75 Å². The number of aromatic carboxylic acids is 1. The fraction of sp³-hybridized carbons (Fsp3) is 0.412. The van der Waals surface area contributed by atoms with Crippen LogP contribution in [0.15, 0.2) is 18.2 Å². The van der Waals surface area contributed by atoms with Crippen LogP contribution in [-0.2, 0) is 11.2 Å². The van der Waals surface area contributed by atoms with E-state index in [4.69, 9.17) is 9.47 Å². The zero-order valence-electron chi connectivity index (χ0n) is 14.2. The molecule has 3 N–H and O–H groups in total. The molecule has 1 aromatic heterocycles. The van der Waals surface area contributed by atoms with Crippen molar-refractivity contribution < 1.29 is 24.2 Å². The van der Waals surface area contributed by atoms with E-state index in [1.807, 2.05) is 0 Å². The lowest BCUT2D eigenvalue weighted by molar-refractivity contribution is 0.0528. The molecule has 0 saturated heterocycles. The maximum atomic E-state index is 11.7. The third-order valence-corrected chi connectivity index (χ3v) is 3.37. The van der Waals surface area contributed by atoms with Crippen molar-refractivity contribution in [1.82, 2.24) is 10.3 Å². The lowest BCUT2D eigenvalue weighted by Gasteiger charge is -2.19. The first-order chi connectivity index (χ1) is 11.2. The van der Waals surface area contributed by atoms with Gasteiger partial charge in [0.05, 0.1) is 7.11 Å². The molecule has 0 unspecified atom stereocenters. The standard InChI is InChI=1S/C17H22N2O5/c1-17(2,3)24-16(22)18-8-7-11-12-9-10(23-4)5-6-13(12)19-14(11)15(20)21/h5-6,9,19H,7-8H2,1-4H3,(H,18,22)(H,20,21). The number of aromatic amines is 1. The number of carbonyl (C=O) groups excluding carboxylic acids is 1. The molecule has 2 aromatic rings. The van der Waals surface area contributed by atoms with E-state index < -0.39 is 17.7 Å². The van der Waals surface area contributed by atoms with Crippen LogP contribution in [0.2, 0.25) is 0 Å². The molecule has 2 rings (SSSR count). The molecule has 1 amide bonds. The number of H-pyrrole nitrogens is 1. The molecule has 0 fully saturated rings. The number of hydrogen-bond donors (Lipinski definition) is 3. The predicted octanol–water partition coefficient (Wildman–Crippen LogP) is 2.94. The average Bonchev–Trinajstić information content (AvgIpc) is 2.83. The van der Waals surface area contributed by atoms with Gasteiger partial charge in [0.15, 0.2) is 0 Å². The number of aromatic nitrogens is 1. The summed E-state index contributed by atoms with van der Waals surface area (Å²) in [4.78, 5) is 26.0. The van der Waals surface area contributed by atoms with Crippen molar-refractivity contribution in [3.05, 3.63) is 29.5 Å². The van der Waals surface area contributed by atoms with Gasteiger partial charge in [-0.15, -0.1) is 0 Å². The minimum Gasteiger partial charge on any atom is -0.497 e. The molecule has 0 saturated carbocycles. The molecule has 7 heteroatoms. The third-order valence-electron chi connectivity index (χ3n) is 3.37. The molecule has 0 aliphatic rings. The first-order valence-corrected chi connectivity index (χ1v) is 7.60. The van der Waals surface area contributed by atoms with Crippen LogP contribution in [-0.4, -0.2) is 41.4 Å².